The van der Waals surface area contributed by atoms with Crippen LogP contribution in [0.3, 0.4) is 0 Å². The molecule has 0 bridgehead atoms. The predicted molar refractivity (Wildman–Crippen MR) is 90.7 cm³/mol. The molecule has 1 heterocycles. The summed E-state index contributed by atoms with van der Waals surface area (Å²) in [5, 5.41) is 3.78. The van der Waals surface area contributed by atoms with E-state index in [0.717, 1.165) is 25.6 Å². The average molecular weight is 292 g/mol. The normalized spacial score (nSPS) is 22.6. The Bertz CT molecular complexity index is 619. The van der Waals surface area contributed by atoms with Crippen LogP contribution < -0.4 is 5.32 Å². The van der Waals surface area contributed by atoms with E-state index in [1.165, 1.54) is 36.1 Å². The van der Waals surface area contributed by atoms with Crippen molar-refractivity contribution in [1.29, 1.82) is 0 Å². The van der Waals surface area contributed by atoms with Crippen molar-refractivity contribution in [2.75, 3.05) is 19.6 Å². The second kappa shape index (κ2) is 6.23. The summed E-state index contributed by atoms with van der Waals surface area (Å²) < 4.78 is 0. The molecule has 1 fully saturated rings. The number of benzene rings is 2. The van der Waals surface area contributed by atoms with E-state index >= 15 is 0 Å². The first kappa shape index (κ1) is 14.0. The minimum atomic E-state index is 0.320. The Morgan fingerprint density at radius 3 is 2.55 bits per heavy atom. The molecule has 1 N–H and O–H groups in total. The largest absolute Gasteiger partial charge is 0.305 e. The number of rotatable bonds is 3. The molecular formula is C20H24N2. The molecule has 2 heteroatoms. The molecule has 1 aliphatic heterocycles. The first-order valence-electron chi connectivity index (χ1n) is 8.48. The number of fused-ring (bicyclic) bond motifs is 1. The summed E-state index contributed by atoms with van der Waals surface area (Å²) in [4.78, 5) is 2.63. The monoisotopic (exact) mass is 292 g/mol. The van der Waals surface area contributed by atoms with Gasteiger partial charge in [0.1, 0.15) is 0 Å². The number of hydrogen-bond donors (Lipinski definition) is 1. The fraction of sp³-hybridized carbons (Fsp3) is 0.400. The van der Waals surface area contributed by atoms with Crippen molar-refractivity contribution < 1.29 is 0 Å². The van der Waals surface area contributed by atoms with Gasteiger partial charge in [-0.3, -0.25) is 4.90 Å². The minimum absolute atomic E-state index is 0.320. The van der Waals surface area contributed by atoms with Gasteiger partial charge in [0.25, 0.3) is 0 Å². The van der Waals surface area contributed by atoms with Crippen LogP contribution in [0.25, 0.3) is 0 Å². The van der Waals surface area contributed by atoms with Gasteiger partial charge in [-0.05, 0) is 35.4 Å². The lowest BCUT2D eigenvalue weighted by atomic mass is 9.93. The second-order valence-electron chi connectivity index (χ2n) is 6.68. The Morgan fingerprint density at radius 2 is 1.73 bits per heavy atom. The van der Waals surface area contributed by atoms with Gasteiger partial charge in [-0.15, -0.1) is 0 Å². The fourth-order valence-corrected chi connectivity index (χ4v) is 3.52. The molecule has 1 aliphatic carbocycles. The van der Waals surface area contributed by atoms with Crippen molar-refractivity contribution in [2.24, 2.45) is 5.92 Å². The van der Waals surface area contributed by atoms with Crippen LogP contribution >= 0.6 is 0 Å². The summed E-state index contributed by atoms with van der Waals surface area (Å²) in [6, 6.07) is 20.1. The van der Waals surface area contributed by atoms with E-state index in [1.54, 1.807) is 0 Å². The van der Waals surface area contributed by atoms with E-state index in [1.807, 2.05) is 0 Å². The van der Waals surface area contributed by atoms with Crippen molar-refractivity contribution in [2.45, 2.75) is 25.4 Å². The van der Waals surface area contributed by atoms with Crippen molar-refractivity contribution in [3.8, 4) is 0 Å². The maximum absolute atomic E-state index is 3.78. The lowest BCUT2D eigenvalue weighted by Gasteiger charge is -2.31. The van der Waals surface area contributed by atoms with Crippen LogP contribution in [-0.4, -0.2) is 24.5 Å². The molecular weight excluding hydrogens is 268 g/mol. The molecule has 22 heavy (non-hydrogen) atoms. The van der Waals surface area contributed by atoms with Gasteiger partial charge in [0.2, 0.25) is 0 Å². The van der Waals surface area contributed by atoms with Crippen molar-refractivity contribution in [3.63, 3.8) is 0 Å². The van der Waals surface area contributed by atoms with Gasteiger partial charge in [-0.25, -0.2) is 0 Å². The third kappa shape index (κ3) is 3.08. The topological polar surface area (TPSA) is 15.3 Å². The molecule has 0 aromatic heterocycles. The van der Waals surface area contributed by atoms with E-state index in [2.05, 4.69) is 64.8 Å². The van der Waals surface area contributed by atoms with Crippen LogP contribution in [0.2, 0.25) is 0 Å². The van der Waals surface area contributed by atoms with Gasteiger partial charge in [-0.2, -0.15) is 0 Å². The number of nitrogens with zero attached hydrogens (tertiary/aromatic N) is 1. The molecule has 2 aromatic carbocycles. The van der Waals surface area contributed by atoms with Crippen LogP contribution in [0.15, 0.2) is 54.6 Å². The zero-order chi connectivity index (χ0) is 14.8. The summed E-state index contributed by atoms with van der Waals surface area (Å²) in [7, 11) is 0. The van der Waals surface area contributed by atoms with E-state index in [-0.39, 0.29) is 0 Å². The van der Waals surface area contributed by atoms with Gasteiger partial charge in [0, 0.05) is 26.2 Å². The quantitative estimate of drug-likeness (QED) is 0.930. The lowest BCUT2D eigenvalue weighted by Crippen LogP contribution is -2.38. The van der Waals surface area contributed by atoms with Gasteiger partial charge < -0.3 is 5.32 Å². The van der Waals surface area contributed by atoms with Crippen LogP contribution in [0.1, 0.15) is 35.6 Å². The highest BCUT2D eigenvalue weighted by Gasteiger charge is 2.26. The lowest BCUT2D eigenvalue weighted by molar-refractivity contribution is 0.244. The Labute approximate surface area is 133 Å². The van der Waals surface area contributed by atoms with Gasteiger partial charge >= 0.3 is 0 Å². The van der Waals surface area contributed by atoms with Crippen molar-refractivity contribution in [1.82, 2.24) is 10.2 Å². The zero-order valence-corrected chi connectivity index (χ0v) is 13.0. The molecule has 2 aromatic rings. The van der Waals surface area contributed by atoms with Crippen molar-refractivity contribution >= 4 is 0 Å². The smallest absolute Gasteiger partial charge is 0.0580 e. The molecule has 1 atom stereocenters. The highest BCUT2D eigenvalue weighted by molar-refractivity contribution is 5.37. The van der Waals surface area contributed by atoms with Crippen LogP contribution in [0.4, 0.5) is 0 Å². The number of nitrogens with one attached hydrogen (secondary N) is 1. The summed E-state index contributed by atoms with van der Waals surface area (Å²) in [5.41, 5.74) is 4.28. The Balaban J connectivity index is 1.64. The standard InChI is InChI=1S/C20H24N2/c1-2-6-17(7-3-1)20-19-9-5-4-8-18(19)15-22(13-12-21-20)14-16-10-11-16/h1-9,16,20-21H,10-15H2. The summed E-state index contributed by atoms with van der Waals surface area (Å²) in [5.74, 6) is 0.955. The third-order valence-electron chi connectivity index (χ3n) is 4.88. The van der Waals surface area contributed by atoms with E-state index in [9.17, 15) is 0 Å². The zero-order valence-electron chi connectivity index (χ0n) is 13.0. The van der Waals surface area contributed by atoms with E-state index < -0.39 is 0 Å². The molecule has 0 radical (unpaired) electrons. The van der Waals surface area contributed by atoms with Crippen LogP contribution in [0.5, 0.6) is 0 Å². The maximum atomic E-state index is 3.78. The van der Waals surface area contributed by atoms with Gasteiger partial charge in [0.15, 0.2) is 0 Å². The molecule has 4 rings (SSSR count). The highest BCUT2D eigenvalue weighted by atomic mass is 15.2. The summed E-state index contributed by atoms with van der Waals surface area (Å²) >= 11 is 0. The Kier molecular flexibility index (Phi) is 3.96. The third-order valence-corrected chi connectivity index (χ3v) is 4.88. The number of hydrogen-bond acceptors (Lipinski definition) is 2. The molecule has 114 valence electrons. The Morgan fingerprint density at radius 1 is 0.955 bits per heavy atom. The average Bonchev–Trinajstić information content (AvgIpc) is 3.35. The first-order chi connectivity index (χ1) is 10.9. The molecule has 1 unspecified atom stereocenters. The van der Waals surface area contributed by atoms with Crippen LogP contribution in [0, 0.1) is 5.92 Å². The van der Waals surface area contributed by atoms with Crippen LogP contribution in [-0.2, 0) is 6.54 Å². The molecule has 2 aliphatic rings. The molecule has 0 spiro atoms. The molecule has 0 amide bonds. The van der Waals surface area contributed by atoms with E-state index in [4.69, 9.17) is 0 Å². The summed E-state index contributed by atoms with van der Waals surface area (Å²) in [6.45, 7) is 4.57. The highest BCUT2D eigenvalue weighted by Crippen LogP contribution is 2.32. The van der Waals surface area contributed by atoms with Gasteiger partial charge in [-0.1, -0.05) is 54.6 Å². The predicted octanol–water partition coefficient (Wildman–Crippen LogP) is 3.59. The fourth-order valence-electron chi connectivity index (χ4n) is 3.52. The maximum Gasteiger partial charge on any atom is 0.0580 e. The van der Waals surface area contributed by atoms with Gasteiger partial charge in [0.05, 0.1) is 6.04 Å². The Hall–Kier alpha value is -1.64. The van der Waals surface area contributed by atoms with E-state index in [0.29, 0.717) is 6.04 Å². The SMILES string of the molecule is c1ccc(C2NCCN(CC3CC3)Cc3ccccc32)cc1. The molecule has 1 saturated carbocycles. The minimum Gasteiger partial charge on any atom is -0.305 e. The second-order valence-corrected chi connectivity index (χ2v) is 6.68. The first-order valence-corrected chi connectivity index (χ1v) is 8.48. The van der Waals surface area contributed by atoms with Crippen molar-refractivity contribution in [3.05, 3.63) is 71.3 Å². The molecule has 2 nitrogen and oxygen atoms in total. The molecule has 0 saturated heterocycles. The summed E-state index contributed by atoms with van der Waals surface area (Å²) in [6.07, 6.45) is 2.86.